The van der Waals surface area contributed by atoms with Gasteiger partial charge in [0.1, 0.15) is 5.60 Å². The van der Waals surface area contributed by atoms with Crippen LogP contribution in [0.5, 0.6) is 0 Å². The summed E-state index contributed by atoms with van der Waals surface area (Å²) in [5, 5.41) is 0. The predicted octanol–water partition coefficient (Wildman–Crippen LogP) is 2.91. The first kappa shape index (κ1) is 14.6. The van der Waals surface area contributed by atoms with Gasteiger partial charge in [0.2, 0.25) is 0 Å². The normalized spacial score (nSPS) is 22.3. The zero-order chi connectivity index (χ0) is 14.1. The van der Waals surface area contributed by atoms with Crippen molar-refractivity contribution in [1.82, 2.24) is 4.90 Å². The zero-order valence-electron chi connectivity index (χ0n) is 12.6. The fourth-order valence-corrected chi connectivity index (χ4v) is 2.84. The molecule has 0 unspecified atom stereocenters. The molecule has 2 fully saturated rings. The Bertz CT molecular complexity index is 326. The van der Waals surface area contributed by atoms with Crippen LogP contribution in [0, 0.1) is 5.41 Å². The Labute approximate surface area is 116 Å². The van der Waals surface area contributed by atoms with Gasteiger partial charge < -0.3 is 15.4 Å². The molecule has 0 spiro atoms. The summed E-state index contributed by atoms with van der Waals surface area (Å²) in [5.41, 5.74) is 5.62. The lowest BCUT2D eigenvalue weighted by atomic mass is 10.1. The number of ether oxygens (including phenoxy) is 1. The molecule has 2 N–H and O–H groups in total. The second-order valence-electron chi connectivity index (χ2n) is 7.25. The third kappa shape index (κ3) is 3.85. The summed E-state index contributed by atoms with van der Waals surface area (Å²) in [6.45, 7) is 7.23. The van der Waals surface area contributed by atoms with E-state index < -0.39 is 5.60 Å². The van der Waals surface area contributed by atoms with E-state index in [1.54, 1.807) is 0 Å². The zero-order valence-corrected chi connectivity index (χ0v) is 12.6. The monoisotopic (exact) mass is 268 g/mol. The van der Waals surface area contributed by atoms with Gasteiger partial charge in [-0.15, -0.1) is 0 Å². The Morgan fingerprint density at radius 1 is 1.32 bits per heavy atom. The van der Waals surface area contributed by atoms with E-state index in [1.165, 1.54) is 12.8 Å². The number of hydrogen-bond acceptors (Lipinski definition) is 3. The van der Waals surface area contributed by atoms with Crippen LogP contribution in [0.4, 0.5) is 4.79 Å². The Morgan fingerprint density at radius 3 is 2.32 bits per heavy atom. The summed E-state index contributed by atoms with van der Waals surface area (Å²) in [4.78, 5) is 14.4. The van der Waals surface area contributed by atoms with Gasteiger partial charge in [-0.05, 0) is 53.0 Å². The Morgan fingerprint density at radius 2 is 1.89 bits per heavy atom. The number of carbonyl (C=O) groups excluding carboxylic acids is 1. The van der Waals surface area contributed by atoms with E-state index in [0.29, 0.717) is 12.6 Å². The molecule has 110 valence electrons. The van der Waals surface area contributed by atoms with Crippen molar-refractivity contribution in [3.05, 3.63) is 0 Å². The molecule has 0 aliphatic heterocycles. The Hall–Kier alpha value is -0.770. The predicted molar refractivity (Wildman–Crippen MR) is 75.9 cm³/mol. The molecule has 0 atom stereocenters. The highest BCUT2D eigenvalue weighted by molar-refractivity contribution is 5.68. The van der Waals surface area contributed by atoms with Gasteiger partial charge in [-0.2, -0.15) is 0 Å². The minimum Gasteiger partial charge on any atom is -0.444 e. The lowest BCUT2D eigenvalue weighted by Gasteiger charge is -2.34. The van der Waals surface area contributed by atoms with Gasteiger partial charge in [0, 0.05) is 18.0 Å². The number of nitrogens with two attached hydrogens (primary N) is 1. The lowest BCUT2D eigenvalue weighted by molar-refractivity contribution is 0.0120. The number of nitrogens with zero attached hydrogens (tertiary/aromatic N) is 1. The smallest absolute Gasteiger partial charge is 0.410 e. The second kappa shape index (κ2) is 5.31. The molecular weight excluding hydrogens is 240 g/mol. The van der Waals surface area contributed by atoms with E-state index in [0.717, 1.165) is 32.2 Å². The van der Waals surface area contributed by atoms with Crippen molar-refractivity contribution in [2.45, 2.75) is 70.9 Å². The van der Waals surface area contributed by atoms with E-state index in [1.807, 2.05) is 25.7 Å². The van der Waals surface area contributed by atoms with E-state index >= 15 is 0 Å². The molecule has 2 saturated carbocycles. The molecule has 0 aromatic carbocycles. The van der Waals surface area contributed by atoms with Gasteiger partial charge in [-0.1, -0.05) is 12.8 Å². The third-order valence-electron chi connectivity index (χ3n) is 4.29. The average Bonchev–Trinajstić information content (AvgIpc) is 2.88. The van der Waals surface area contributed by atoms with Crippen LogP contribution >= 0.6 is 0 Å². The summed E-state index contributed by atoms with van der Waals surface area (Å²) in [6, 6.07) is 0.360. The fraction of sp³-hybridized carbons (Fsp3) is 0.933. The van der Waals surface area contributed by atoms with E-state index in [2.05, 4.69) is 0 Å². The largest absolute Gasteiger partial charge is 0.444 e. The molecule has 4 heteroatoms. The van der Waals surface area contributed by atoms with Crippen molar-refractivity contribution < 1.29 is 9.53 Å². The molecule has 2 rings (SSSR count). The minimum absolute atomic E-state index is 0.154. The van der Waals surface area contributed by atoms with E-state index in [4.69, 9.17) is 10.5 Å². The van der Waals surface area contributed by atoms with Crippen molar-refractivity contribution in [1.29, 1.82) is 0 Å². The Balaban J connectivity index is 2.03. The molecular formula is C15H28N2O2. The highest BCUT2D eigenvalue weighted by Gasteiger charge is 2.45. The van der Waals surface area contributed by atoms with Crippen LogP contribution in [0.1, 0.15) is 59.3 Å². The quantitative estimate of drug-likeness (QED) is 0.853. The molecule has 19 heavy (non-hydrogen) atoms. The summed E-state index contributed by atoms with van der Waals surface area (Å²) >= 11 is 0. The van der Waals surface area contributed by atoms with Crippen molar-refractivity contribution in [2.75, 3.05) is 13.1 Å². The molecule has 0 aromatic rings. The maximum absolute atomic E-state index is 12.4. The summed E-state index contributed by atoms with van der Waals surface area (Å²) in [5.74, 6) is 0. The first-order valence-corrected chi connectivity index (χ1v) is 7.55. The maximum Gasteiger partial charge on any atom is 0.410 e. The van der Waals surface area contributed by atoms with E-state index in [9.17, 15) is 4.79 Å². The topological polar surface area (TPSA) is 55.6 Å². The van der Waals surface area contributed by atoms with Crippen LogP contribution in [-0.2, 0) is 4.74 Å². The molecule has 2 aliphatic carbocycles. The van der Waals surface area contributed by atoms with Crippen molar-refractivity contribution >= 4 is 6.09 Å². The van der Waals surface area contributed by atoms with Crippen LogP contribution in [0.15, 0.2) is 0 Å². The van der Waals surface area contributed by atoms with Gasteiger partial charge in [0.05, 0.1) is 0 Å². The van der Waals surface area contributed by atoms with Crippen LogP contribution in [0.3, 0.4) is 0 Å². The molecule has 2 aliphatic rings. The van der Waals surface area contributed by atoms with Crippen molar-refractivity contribution in [3.8, 4) is 0 Å². The third-order valence-corrected chi connectivity index (χ3v) is 4.29. The lowest BCUT2D eigenvalue weighted by Crippen LogP contribution is -2.46. The summed E-state index contributed by atoms with van der Waals surface area (Å²) in [7, 11) is 0. The Kier molecular flexibility index (Phi) is 4.09. The molecule has 1 amide bonds. The van der Waals surface area contributed by atoms with Gasteiger partial charge in [-0.25, -0.2) is 4.79 Å². The average molecular weight is 268 g/mol. The van der Waals surface area contributed by atoms with Crippen LogP contribution in [0.2, 0.25) is 0 Å². The van der Waals surface area contributed by atoms with Crippen LogP contribution in [-0.4, -0.2) is 35.7 Å². The van der Waals surface area contributed by atoms with Gasteiger partial charge >= 0.3 is 6.09 Å². The highest BCUT2D eigenvalue weighted by atomic mass is 16.6. The van der Waals surface area contributed by atoms with Gasteiger partial charge in [0.25, 0.3) is 0 Å². The highest BCUT2D eigenvalue weighted by Crippen LogP contribution is 2.46. The van der Waals surface area contributed by atoms with E-state index in [-0.39, 0.29) is 11.5 Å². The molecule has 0 saturated heterocycles. The molecule has 0 radical (unpaired) electrons. The summed E-state index contributed by atoms with van der Waals surface area (Å²) in [6.07, 6.45) is 6.81. The number of hydrogen-bond donors (Lipinski definition) is 1. The minimum atomic E-state index is -0.423. The first-order chi connectivity index (χ1) is 8.85. The molecule has 0 bridgehead atoms. The standard InChI is InChI=1S/C15H28N2O2/c1-14(2,3)19-13(18)17(12-6-4-5-7-12)11-15(10-16)8-9-15/h12H,4-11,16H2,1-3H3. The summed E-state index contributed by atoms with van der Waals surface area (Å²) < 4.78 is 5.58. The van der Waals surface area contributed by atoms with Crippen LogP contribution in [0.25, 0.3) is 0 Å². The molecule has 0 heterocycles. The van der Waals surface area contributed by atoms with Crippen LogP contribution < -0.4 is 5.73 Å². The van der Waals surface area contributed by atoms with Gasteiger partial charge in [-0.3, -0.25) is 0 Å². The van der Waals surface area contributed by atoms with Gasteiger partial charge in [0.15, 0.2) is 0 Å². The molecule has 4 nitrogen and oxygen atoms in total. The second-order valence-corrected chi connectivity index (χ2v) is 7.25. The SMILES string of the molecule is CC(C)(C)OC(=O)N(CC1(CN)CC1)C1CCCC1. The number of rotatable bonds is 4. The van der Waals surface area contributed by atoms with Crippen molar-refractivity contribution in [2.24, 2.45) is 11.1 Å². The maximum atomic E-state index is 12.4. The van der Waals surface area contributed by atoms with Crippen molar-refractivity contribution in [3.63, 3.8) is 0 Å². The fourth-order valence-electron chi connectivity index (χ4n) is 2.84. The number of amides is 1. The number of carbonyl (C=O) groups is 1. The first-order valence-electron chi connectivity index (χ1n) is 7.55. The molecule has 0 aromatic heterocycles.